The van der Waals surface area contributed by atoms with Gasteiger partial charge in [0.15, 0.2) is 0 Å². The van der Waals surface area contributed by atoms with E-state index in [0.29, 0.717) is 11.4 Å². The van der Waals surface area contributed by atoms with Gasteiger partial charge in [0.25, 0.3) is 0 Å². The quantitative estimate of drug-likeness (QED) is 0.844. The zero-order valence-electron chi connectivity index (χ0n) is 16.7. The van der Waals surface area contributed by atoms with Gasteiger partial charge in [0.1, 0.15) is 11.2 Å². The van der Waals surface area contributed by atoms with Gasteiger partial charge in [-0.3, -0.25) is 10.1 Å². The number of carbonyl (C=O) groups excluding carboxylic acids is 3. The zero-order chi connectivity index (χ0) is 20.4. The van der Waals surface area contributed by atoms with Gasteiger partial charge in [-0.1, -0.05) is 12.1 Å². The van der Waals surface area contributed by atoms with Crippen molar-refractivity contribution in [2.45, 2.75) is 59.2 Å². The maximum absolute atomic E-state index is 12.5. The molecule has 0 bridgehead atoms. The topological polar surface area (TPSA) is 88.2 Å². The van der Waals surface area contributed by atoms with E-state index in [2.05, 4.69) is 5.32 Å². The molecule has 1 fully saturated rings. The summed E-state index contributed by atoms with van der Waals surface area (Å²) in [6.07, 6.45) is -1.11. The minimum atomic E-state index is -0.692. The SMILES string of the molecule is CC(C)(C)OC(=O)Nc1ccccc1N1C(=O)CCN1C(=O)OC(C)(C)C. The summed E-state index contributed by atoms with van der Waals surface area (Å²) in [5, 5.41) is 5.11. The van der Waals surface area contributed by atoms with Crippen molar-refractivity contribution in [3.63, 3.8) is 0 Å². The summed E-state index contributed by atoms with van der Waals surface area (Å²) in [5.41, 5.74) is -0.624. The van der Waals surface area contributed by atoms with E-state index < -0.39 is 23.4 Å². The summed E-state index contributed by atoms with van der Waals surface area (Å²) in [7, 11) is 0. The summed E-state index contributed by atoms with van der Waals surface area (Å²) in [6.45, 7) is 10.7. The smallest absolute Gasteiger partial charge is 0.429 e. The average Bonchev–Trinajstić information content (AvgIpc) is 2.86. The highest BCUT2D eigenvalue weighted by Crippen LogP contribution is 2.31. The predicted molar refractivity (Wildman–Crippen MR) is 101 cm³/mol. The van der Waals surface area contributed by atoms with Crippen molar-refractivity contribution < 1.29 is 23.9 Å². The second-order valence-corrected chi connectivity index (χ2v) is 8.20. The van der Waals surface area contributed by atoms with E-state index in [4.69, 9.17) is 9.47 Å². The van der Waals surface area contributed by atoms with Crippen molar-refractivity contribution in [1.82, 2.24) is 5.01 Å². The normalized spacial score (nSPS) is 15.0. The van der Waals surface area contributed by atoms with Crippen LogP contribution in [-0.2, 0) is 14.3 Å². The van der Waals surface area contributed by atoms with E-state index in [9.17, 15) is 14.4 Å². The van der Waals surface area contributed by atoms with Crippen molar-refractivity contribution in [1.29, 1.82) is 0 Å². The average molecular weight is 377 g/mol. The molecule has 1 saturated heterocycles. The number of hydrogen-bond donors (Lipinski definition) is 1. The molecule has 1 aromatic rings. The van der Waals surface area contributed by atoms with Crippen LogP contribution in [0.1, 0.15) is 48.0 Å². The van der Waals surface area contributed by atoms with Crippen molar-refractivity contribution in [2.75, 3.05) is 16.9 Å². The first-order valence-electron chi connectivity index (χ1n) is 8.80. The second kappa shape index (κ2) is 7.46. The van der Waals surface area contributed by atoms with Crippen LogP contribution in [0.2, 0.25) is 0 Å². The Labute approximate surface area is 159 Å². The number of hydrogen-bond acceptors (Lipinski definition) is 5. The van der Waals surface area contributed by atoms with Crippen molar-refractivity contribution in [3.05, 3.63) is 24.3 Å². The largest absolute Gasteiger partial charge is 0.444 e. The number of rotatable bonds is 2. The summed E-state index contributed by atoms with van der Waals surface area (Å²) in [4.78, 5) is 37.1. The van der Waals surface area contributed by atoms with Gasteiger partial charge in [0.05, 0.1) is 17.9 Å². The summed E-state index contributed by atoms with van der Waals surface area (Å²) < 4.78 is 10.7. The van der Waals surface area contributed by atoms with Crippen LogP contribution in [-0.4, -0.2) is 40.8 Å². The maximum atomic E-state index is 12.5. The van der Waals surface area contributed by atoms with Gasteiger partial charge < -0.3 is 9.47 Å². The van der Waals surface area contributed by atoms with Crippen LogP contribution in [0.5, 0.6) is 0 Å². The third-order valence-corrected chi connectivity index (χ3v) is 3.39. The highest BCUT2D eigenvalue weighted by molar-refractivity contribution is 6.02. The Morgan fingerprint density at radius 3 is 2.19 bits per heavy atom. The number of nitrogens with zero attached hydrogens (tertiary/aromatic N) is 2. The number of amides is 3. The molecule has 0 radical (unpaired) electrons. The molecule has 1 aromatic carbocycles. The number of para-hydroxylation sites is 2. The molecule has 0 aliphatic carbocycles. The molecule has 8 heteroatoms. The Morgan fingerprint density at radius 1 is 1.00 bits per heavy atom. The number of benzene rings is 1. The Balaban J connectivity index is 2.28. The van der Waals surface area contributed by atoms with E-state index in [1.165, 1.54) is 10.0 Å². The number of anilines is 2. The van der Waals surface area contributed by atoms with Crippen LogP contribution in [0.4, 0.5) is 21.0 Å². The van der Waals surface area contributed by atoms with E-state index >= 15 is 0 Å². The van der Waals surface area contributed by atoms with E-state index in [-0.39, 0.29) is 18.9 Å². The molecule has 27 heavy (non-hydrogen) atoms. The van der Waals surface area contributed by atoms with E-state index in [1.54, 1.807) is 65.8 Å². The Bertz CT molecular complexity index is 734. The van der Waals surface area contributed by atoms with Gasteiger partial charge in [-0.15, -0.1) is 0 Å². The second-order valence-electron chi connectivity index (χ2n) is 8.20. The number of ether oxygens (including phenoxy) is 2. The summed E-state index contributed by atoms with van der Waals surface area (Å²) in [5.74, 6) is -0.265. The fourth-order valence-electron chi connectivity index (χ4n) is 2.47. The number of nitrogens with one attached hydrogen (secondary N) is 1. The lowest BCUT2D eigenvalue weighted by atomic mass is 10.2. The van der Waals surface area contributed by atoms with Crippen LogP contribution in [0, 0.1) is 0 Å². The Morgan fingerprint density at radius 2 is 1.59 bits per heavy atom. The van der Waals surface area contributed by atoms with Gasteiger partial charge in [-0.25, -0.2) is 19.6 Å². The number of hydrazine groups is 1. The van der Waals surface area contributed by atoms with Crippen LogP contribution in [0.25, 0.3) is 0 Å². The van der Waals surface area contributed by atoms with Crippen LogP contribution >= 0.6 is 0 Å². The molecule has 2 rings (SSSR count). The molecule has 0 unspecified atom stereocenters. The molecule has 1 heterocycles. The molecule has 1 aliphatic rings. The minimum Gasteiger partial charge on any atom is -0.444 e. The van der Waals surface area contributed by atoms with E-state index in [1.807, 2.05) is 0 Å². The summed E-state index contributed by atoms with van der Waals surface area (Å²) >= 11 is 0. The molecule has 8 nitrogen and oxygen atoms in total. The van der Waals surface area contributed by atoms with Gasteiger partial charge >= 0.3 is 12.2 Å². The molecular formula is C19H27N3O5. The van der Waals surface area contributed by atoms with E-state index in [0.717, 1.165) is 0 Å². The fourth-order valence-corrected chi connectivity index (χ4v) is 2.47. The highest BCUT2D eigenvalue weighted by atomic mass is 16.6. The van der Waals surface area contributed by atoms with Gasteiger partial charge in [-0.05, 0) is 53.7 Å². The zero-order valence-corrected chi connectivity index (χ0v) is 16.7. The lowest BCUT2D eigenvalue weighted by molar-refractivity contribution is -0.118. The first kappa shape index (κ1) is 20.5. The molecule has 0 spiro atoms. The molecule has 1 N–H and O–H groups in total. The first-order chi connectivity index (χ1) is 12.4. The predicted octanol–water partition coefficient (Wildman–Crippen LogP) is 3.92. The molecule has 0 saturated carbocycles. The van der Waals surface area contributed by atoms with Crippen LogP contribution < -0.4 is 10.3 Å². The lowest BCUT2D eigenvalue weighted by Gasteiger charge is -2.31. The fraction of sp³-hybridized carbons (Fsp3) is 0.526. The highest BCUT2D eigenvalue weighted by Gasteiger charge is 2.37. The standard InChI is InChI=1S/C19H27N3O5/c1-18(2,3)26-16(24)20-13-9-7-8-10-14(13)22-15(23)11-12-21(22)17(25)27-19(4,5)6/h7-10H,11-12H2,1-6H3,(H,20,24). The number of carbonyl (C=O) groups is 3. The molecule has 148 valence electrons. The molecule has 0 aromatic heterocycles. The first-order valence-corrected chi connectivity index (χ1v) is 8.80. The Hall–Kier alpha value is -2.77. The molecule has 0 atom stereocenters. The molecule has 3 amide bonds. The van der Waals surface area contributed by atoms with Gasteiger partial charge in [0.2, 0.25) is 5.91 Å². The van der Waals surface area contributed by atoms with Gasteiger partial charge in [-0.2, -0.15) is 0 Å². The Kier molecular flexibility index (Phi) is 5.67. The van der Waals surface area contributed by atoms with Crippen molar-refractivity contribution in [2.24, 2.45) is 0 Å². The summed E-state index contributed by atoms with van der Waals surface area (Å²) in [6, 6.07) is 6.72. The molecule has 1 aliphatic heterocycles. The monoisotopic (exact) mass is 377 g/mol. The molecular weight excluding hydrogens is 350 g/mol. The van der Waals surface area contributed by atoms with Crippen LogP contribution in [0.15, 0.2) is 24.3 Å². The van der Waals surface area contributed by atoms with Crippen molar-refractivity contribution >= 4 is 29.5 Å². The maximum Gasteiger partial charge on any atom is 0.429 e. The van der Waals surface area contributed by atoms with Crippen LogP contribution in [0.3, 0.4) is 0 Å². The van der Waals surface area contributed by atoms with Gasteiger partial charge in [0, 0.05) is 6.42 Å². The third kappa shape index (κ3) is 5.60. The minimum absolute atomic E-state index is 0.167. The third-order valence-electron chi connectivity index (χ3n) is 3.39. The van der Waals surface area contributed by atoms with Crippen molar-refractivity contribution in [3.8, 4) is 0 Å². The lowest BCUT2D eigenvalue weighted by Crippen LogP contribution is -2.46.